The van der Waals surface area contributed by atoms with Crippen LogP contribution in [0.2, 0.25) is 0 Å². The first-order valence-electron chi connectivity index (χ1n) is 7.22. The lowest BCUT2D eigenvalue weighted by atomic mass is 9.97. The van der Waals surface area contributed by atoms with Gasteiger partial charge in [-0.25, -0.2) is 0 Å². The van der Waals surface area contributed by atoms with E-state index in [1.807, 2.05) is 45.0 Å². The van der Waals surface area contributed by atoms with E-state index in [2.05, 4.69) is 41.6 Å². The van der Waals surface area contributed by atoms with Gasteiger partial charge >= 0.3 is 0 Å². The zero-order valence-electron chi connectivity index (χ0n) is 13.4. The van der Waals surface area contributed by atoms with Crippen LogP contribution >= 0.6 is 39.0 Å². The van der Waals surface area contributed by atoms with Gasteiger partial charge < -0.3 is 9.84 Å². The average Bonchev–Trinajstić information content (AvgIpc) is 3.13. The van der Waals surface area contributed by atoms with Crippen molar-refractivity contribution in [3.05, 3.63) is 40.5 Å². The Bertz CT molecular complexity index is 827. The number of thioether (sulfide) groups is 1. The molecule has 3 rings (SSSR count). The van der Waals surface area contributed by atoms with E-state index in [1.165, 1.54) is 11.3 Å². The number of rotatable bonds is 5. The molecule has 0 unspecified atom stereocenters. The highest BCUT2D eigenvalue weighted by Crippen LogP contribution is 2.30. The molecule has 0 bridgehead atoms. The zero-order chi connectivity index (χ0) is 17.2. The van der Waals surface area contributed by atoms with Crippen LogP contribution in [0.3, 0.4) is 0 Å². The van der Waals surface area contributed by atoms with Gasteiger partial charge in [-0.1, -0.05) is 71.0 Å². The third-order valence-electron chi connectivity index (χ3n) is 2.92. The third kappa shape index (κ3) is 4.55. The van der Waals surface area contributed by atoms with Gasteiger partial charge in [0, 0.05) is 15.6 Å². The van der Waals surface area contributed by atoms with Crippen LogP contribution < -0.4 is 5.32 Å². The standard InChI is InChI=1S/C15H16BrN5OS2/c1-15(2,3)12-18-11(21-22-12)8-23-14-20-19-13(24-14)17-10-6-4-5-9(16)7-10/h4-7H,8H2,1-3H3,(H,17,19). The van der Waals surface area contributed by atoms with Gasteiger partial charge in [0.25, 0.3) is 0 Å². The van der Waals surface area contributed by atoms with Gasteiger partial charge in [0.1, 0.15) is 0 Å². The van der Waals surface area contributed by atoms with Gasteiger partial charge in [0.05, 0.1) is 5.75 Å². The predicted octanol–water partition coefficient (Wildman–Crippen LogP) is 5.02. The van der Waals surface area contributed by atoms with Crippen molar-refractivity contribution in [3.63, 3.8) is 0 Å². The summed E-state index contributed by atoms with van der Waals surface area (Å²) in [6.45, 7) is 6.13. The molecule has 6 nitrogen and oxygen atoms in total. The molecule has 0 aliphatic rings. The van der Waals surface area contributed by atoms with Gasteiger partial charge in [-0.3, -0.25) is 0 Å². The molecule has 0 saturated carbocycles. The molecule has 0 atom stereocenters. The summed E-state index contributed by atoms with van der Waals surface area (Å²) in [6.07, 6.45) is 0. The predicted molar refractivity (Wildman–Crippen MR) is 99.9 cm³/mol. The Kier molecular flexibility index (Phi) is 5.21. The van der Waals surface area contributed by atoms with Crippen LogP contribution in [0.15, 0.2) is 37.6 Å². The second-order valence-electron chi connectivity index (χ2n) is 6.06. The van der Waals surface area contributed by atoms with Crippen LogP contribution in [0.1, 0.15) is 32.5 Å². The fourth-order valence-electron chi connectivity index (χ4n) is 1.75. The first kappa shape index (κ1) is 17.4. The van der Waals surface area contributed by atoms with E-state index < -0.39 is 0 Å². The molecule has 0 radical (unpaired) electrons. The number of halogens is 1. The van der Waals surface area contributed by atoms with Crippen molar-refractivity contribution in [2.45, 2.75) is 36.3 Å². The Labute approximate surface area is 156 Å². The molecule has 126 valence electrons. The lowest BCUT2D eigenvalue weighted by molar-refractivity contribution is 0.319. The quantitative estimate of drug-likeness (QED) is 0.574. The molecule has 0 aliphatic carbocycles. The van der Waals surface area contributed by atoms with Gasteiger partial charge in [-0.15, -0.1) is 10.2 Å². The molecule has 1 aromatic carbocycles. The highest BCUT2D eigenvalue weighted by Gasteiger charge is 2.21. The number of benzene rings is 1. The van der Waals surface area contributed by atoms with E-state index >= 15 is 0 Å². The summed E-state index contributed by atoms with van der Waals surface area (Å²) < 4.78 is 7.16. The van der Waals surface area contributed by atoms with Crippen molar-refractivity contribution in [1.29, 1.82) is 0 Å². The lowest BCUT2D eigenvalue weighted by Crippen LogP contribution is -2.11. The summed E-state index contributed by atoms with van der Waals surface area (Å²) in [7, 11) is 0. The maximum atomic E-state index is 5.29. The summed E-state index contributed by atoms with van der Waals surface area (Å²) in [6, 6.07) is 7.91. The Morgan fingerprint density at radius 3 is 2.83 bits per heavy atom. The van der Waals surface area contributed by atoms with Crippen LogP contribution in [-0.4, -0.2) is 20.3 Å². The fourth-order valence-corrected chi connectivity index (χ4v) is 3.77. The molecular weight excluding hydrogens is 410 g/mol. The molecule has 0 fully saturated rings. The summed E-state index contributed by atoms with van der Waals surface area (Å²) in [5.41, 5.74) is 0.824. The molecular formula is C15H16BrN5OS2. The molecule has 3 aromatic rings. The SMILES string of the molecule is CC(C)(C)c1nc(CSc2nnc(Nc3cccc(Br)c3)s2)no1. The first-order chi connectivity index (χ1) is 11.4. The van der Waals surface area contributed by atoms with E-state index in [0.717, 1.165) is 19.6 Å². The highest BCUT2D eigenvalue weighted by atomic mass is 79.9. The van der Waals surface area contributed by atoms with Gasteiger partial charge in [-0.2, -0.15) is 4.98 Å². The Balaban J connectivity index is 1.59. The highest BCUT2D eigenvalue weighted by molar-refractivity contribution is 9.10. The van der Waals surface area contributed by atoms with Gasteiger partial charge in [0.15, 0.2) is 10.2 Å². The average molecular weight is 426 g/mol. The fraction of sp³-hybridized carbons (Fsp3) is 0.333. The van der Waals surface area contributed by atoms with Crippen LogP contribution in [0, 0.1) is 0 Å². The van der Waals surface area contributed by atoms with E-state index in [0.29, 0.717) is 17.5 Å². The maximum absolute atomic E-state index is 5.29. The largest absolute Gasteiger partial charge is 0.339 e. The van der Waals surface area contributed by atoms with E-state index in [4.69, 9.17) is 4.52 Å². The lowest BCUT2D eigenvalue weighted by Gasteiger charge is -2.10. The molecule has 2 heterocycles. The molecule has 24 heavy (non-hydrogen) atoms. The summed E-state index contributed by atoms with van der Waals surface area (Å²) in [5.74, 6) is 1.92. The van der Waals surface area contributed by atoms with Crippen molar-refractivity contribution in [2.24, 2.45) is 0 Å². The Morgan fingerprint density at radius 1 is 1.29 bits per heavy atom. The normalized spacial score (nSPS) is 11.7. The summed E-state index contributed by atoms with van der Waals surface area (Å²) >= 11 is 6.48. The molecule has 0 amide bonds. The van der Waals surface area contributed by atoms with Crippen molar-refractivity contribution in [3.8, 4) is 0 Å². The molecule has 0 saturated heterocycles. The number of hydrogen-bond acceptors (Lipinski definition) is 8. The van der Waals surface area contributed by atoms with Crippen LogP contribution in [0.25, 0.3) is 0 Å². The second-order valence-corrected chi connectivity index (χ2v) is 9.18. The monoisotopic (exact) mass is 425 g/mol. The van der Waals surface area contributed by atoms with Gasteiger partial charge in [-0.05, 0) is 18.2 Å². The van der Waals surface area contributed by atoms with Crippen molar-refractivity contribution < 1.29 is 4.52 Å². The summed E-state index contributed by atoms with van der Waals surface area (Å²) in [4.78, 5) is 4.42. The third-order valence-corrected chi connectivity index (χ3v) is 5.38. The molecule has 1 N–H and O–H groups in total. The smallest absolute Gasteiger partial charge is 0.232 e. The minimum Gasteiger partial charge on any atom is -0.339 e. The van der Waals surface area contributed by atoms with Gasteiger partial charge in [0.2, 0.25) is 11.0 Å². The molecule has 2 aromatic heterocycles. The van der Waals surface area contributed by atoms with Crippen LogP contribution in [0.5, 0.6) is 0 Å². The zero-order valence-corrected chi connectivity index (χ0v) is 16.6. The molecule has 0 spiro atoms. The van der Waals surface area contributed by atoms with E-state index in [9.17, 15) is 0 Å². The van der Waals surface area contributed by atoms with Crippen molar-refractivity contribution in [2.75, 3.05) is 5.32 Å². The summed E-state index contributed by atoms with van der Waals surface area (Å²) in [5, 5.41) is 16.3. The number of anilines is 2. The van der Waals surface area contributed by atoms with Crippen LogP contribution in [-0.2, 0) is 11.2 Å². The molecule has 0 aliphatic heterocycles. The maximum Gasteiger partial charge on any atom is 0.232 e. The van der Waals surface area contributed by atoms with Crippen molar-refractivity contribution in [1.82, 2.24) is 20.3 Å². The minimum absolute atomic E-state index is 0.139. The molecule has 9 heteroatoms. The number of aromatic nitrogens is 4. The second kappa shape index (κ2) is 7.20. The first-order valence-corrected chi connectivity index (χ1v) is 9.81. The minimum atomic E-state index is -0.139. The van der Waals surface area contributed by atoms with E-state index in [1.54, 1.807) is 11.8 Å². The Hall–Kier alpha value is -1.45. The number of nitrogens with one attached hydrogen (secondary N) is 1. The topological polar surface area (TPSA) is 76.7 Å². The van der Waals surface area contributed by atoms with Crippen molar-refractivity contribution >= 4 is 49.8 Å². The van der Waals surface area contributed by atoms with E-state index in [-0.39, 0.29) is 5.41 Å². The number of hydrogen-bond donors (Lipinski definition) is 1. The number of nitrogens with zero attached hydrogens (tertiary/aromatic N) is 4. The Morgan fingerprint density at radius 2 is 2.12 bits per heavy atom. The van der Waals surface area contributed by atoms with Crippen LogP contribution in [0.4, 0.5) is 10.8 Å².